The Hall–Kier alpha value is -3.15. The molecule has 1 aromatic carbocycles. The Morgan fingerprint density at radius 1 is 1.27 bits per heavy atom. The largest absolute Gasteiger partial charge is 0.340 e. The van der Waals surface area contributed by atoms with Gasteiger partial charge in [-0.25, -0.2) is 9.78 Å². The van der Waals surface area contributed by atoms with Crippen LogP contribution < -0.4 is 5.69 Å². The number of aromatic nitrogens is 5. The van der Waals surface area contributed by atoms with Gasteiger partial charge in [0.05, 0.1) is 34.3 Å². The highest BCUT2D eigenvalue weighted by atomic mass is 16.1. The Morgan fingerprint density at radius 2 is 2.08 bits per heavy atom. The number of para-hydroxylation sites is 2. The lowest BCUT2D eigenvalue weighted by Gasteiger charge is -2.15. The fraction of sp³-hybridized carbons (Fsp3) is 0.250. The standard InChI is InChI=1S/C20H21N5O/c1-4-7-17(19-22-14-8-5-6-9-15(14)23-19)25-18-12-21-11-10-16(18)24(13(2)3)20(25)26/h5-6,8-12,17H,2,4,7H2,1,3H3,(H,22,23). The average Bonchev–Trinajstić information content (AvgIpc) is 3.18. The van der Waals surface area contributed by atoms with Crippen LogP contribution in [-0.2, 0) is 0 Å². The minimum Gasteiger partial charge on any atom is -0.340 e. The minimum atomic E-state index is -0.188. The first-order chi connectivity index (χ1) is 12.6. The highest BCUT2D eigenvalue weighted by Gasteiger charge is 2.24. The molecule has 0 saturated heterocycles. The number of allylic oxidation sites excluding steroid dienone is 1. The number of imidazole rings is 2. The van der Waals surface area contributed by atoms with Gasteiger partial charge in [0.15, 0.2) is 0 Å². The number of hydrogen-bond donors (Lipinski definition) is 1. The molecule has 0 spiro atoms. The van der Waals surface area contributed by atoms with Gasteiger partial charge in [-0.3, -0.25) is 14.1 Å². The van der Waals surface area contributed by atoms with Crippen LogP contribution in [0.3, 0.4) is 0 Å². The van der Waals surface area contributed by atoms with Crippen molar-refractivity contribution in [2.45, 2.75) is 32.7 Å². The third-order valence-corrected chi connectivity index (χ3v) is 4.65. The van der Waals surface area contributed by atoms with Gasteiger partial charge in [-0.05, 0) is 31.5 Å². The monoisotopic (exact) mass is 347 g/mol. The van der Waals surface area contributed by atoms with Crippen molar-refractivity contribution in [2.24, 2.45) is 0 Å². The molecule has 0 aliphatic rings. The molecule has 0 radical (unpaired) electrons. The smallest absolute Gasteiger partial charge is 0.334 e. The molecule has 4 aromatic rings. The zero-order chi connectivity index (χ0) is 18.3. The van der Waals surface area contributed by atoms with Crippen LogP contribution in [0.4, 0.5) is 0 Å². The molecule has 1 N–H and O–H groups in total. The highest BCUT2D eigenvalue weighted by molar-refractivity contribution is 5.79. The number of fused-ring (bicyclic) bond motifs is 2. The van der Waals surface area contributed by atoms with Crippen molar-refractivity contribution in [3.63, 3.8) is 0 Å². The molecule has 3 heterocycles. The SMILES string of the molecule is C=C(C)n1c(=O)n(C(CCC)c2nc3ccccc3[nH]2)c2cnccc21. The number of nitrogens with zero attached hydrogens (tertiary/aromatic N) is 4. The van der Waals surface area contributed by atoms with E-state index in [0.717, 1.165) is 40.7 Å². The molecule has 0 saturated carbocycles. The summed E-state index contributed by atoms with van der Waals surface area (Å²) in [5.74, 6) is 0.791. The number of pyridine rings is 1. The number of benzene rings is 1. The second-order valence-electron chi connectivity index (χ2n) is 6.53. The lowest BCUT2D eigenvalue weighted by atomic mass is 10.1. The van der Waals surface area contributed by atoms with E-state index < -0.39 is 0 Å². The number of nitrogens with one attached hydrogen (secondary N) is 1. The summed E-state index contributed by atoms with van der Waals surface area (Å²) in [6, 6.07) is 9.57. The molecule has 0 aliphatic heterocycles. The summed E-state index contributed by atoms with van der Waals surface area (Å²) in [7, 11) is 0. The molecule has 6 heteroatoms. The minimum absolute atomic E-state index is 0.112. The summed E-state index contributed by atoms with van der Waals surface area (Å²) in [6.45, 7) is 7.91. The van der Waals surface area contributed by atoms with Gasteiger partial charge in [-0.2, -0.15) is 0 Å². The van der Waals surface area contributed by atoms with Gasteiger partial charge >= 0.3 is 5.69 Å². The van der Waals surface area contributed by atoms with Crippen molar-refractivity contribution in [3.05, 3.63) is 65.6 Å². The predicted octanol–water partition coefficient (Wildman–Crippen LogP) is 3.95. The first-order valence-corrected chi connectivity index (χ1v) is 8.79. The van der Waals surface area contributed by atoms with E-state index in [4.69, 9.17) is 4.98 Å². The van der Waals surface area contributed by atoms with Gasteiger partial charge in [0, 0.05) is 11.9 Å². The van der Waals surface area contributed by atoms with Crippen LogP contribution in [0.5, 0.6) is 0 Å². The van der Waals surface area contributed by atoms with Crippen LogP contribution in [0, 0.1) is 0 Å². The molecular formula is C20H21N5O. The molecule has 0 amide bonds. The summed E-state index contributed by atoms with van der Waals surface area (Å²) in [6.07, 6.45) is 5.15. The van der Waals surface area contributed by atoms with Crippen molar-refractivity contribution < 1.29 is 0 Å². The maximum atomic E-state index is 13.2. The third kappa shape index (κ3) is 2.45. The van der Waals surface area contributed by atoms with Gasteiger partial charge in [0.25, 0.3) is 0 Å². The molecular weight excluding hydrogens is 326 g/mol. The number of H-pyrrole nitrogens is 1. The van der Waals surface area contributed by atoms with E-state index in [1.165, 1.54) is 0 Å². The summed E-state index contributed by atoms with van der Waals surface area (Å²) in [4.78, 5) is 25.6. The van der Waals surface area contributed by atoms with Gasteiger partial charge < -0.3 is 4.98 Å². The van der Waals surface area contributed by atoms with Crippen molar-refractivity contribution >= 4 is 27.8 Å². The van der Waals surface area contributed by atoms with E-state index in [-0.39, 0.29) is 11.7 Å². The van der Waals surface area contributed by atoms with Crippen LogP contribution in [0.1, 0.15) is 38.6 Å². The summed E-state index contributed by atoms with van der Waals surface area (Å²) in [5.41, 5.74) is 4.05. The zero-order valence-corrected chi connectivity index (χ0v) is 14.9. The Balaban J connectivity index is 1.99. The predicted molar refractivity (Wildman–Crippen MR) is 104 cm³/mol. The second-order valence-corrected chi connectivity index (χ2v) is 6.53. The van der Waals surface area contributed by atoms with Crippen molar-refractivity contribution in [3.8, 4) is 0 Å². The summed E-state index contributed by atoms with van der Waals surface area (Å²) < 4.78 is 3.43. The molecule has 0 aliphatic carbocycles. The van der Waals surface area contributed by atoms with E-state index in [1.807, 2.05) is 37.3 Å². The van der Waals surface area contributed by atoms with E-state index >= 15 is 0 Å². The quantitative estimate of drug-likeness (QED) is 0.594. The van der Waals surface area contributed by atoms with Crippen LogP contribution in [0.15, 0.2) is 54.1 Å². The number of aromatic amines is 1. The lowest BCUT2D eigenvalue weighted by Crippen LogP contribution is -2.28. The van der Waals surface area contributed by atoms with Crippen molar-refractivity contribution in [1.82, 2.24) is 24.1 Å². The molecule has 6 nitrogen and oxygen atoms in total. The molecule has 132 valence electrons. The van der Waals surface area contributed by atoms with E-state index in [9.17, 15) is 4.79 Å². The van der Waals surface area contributed by atoms with Gasteiger partial charge in [-0.1, -0.05) is 32.1 Å². The maximum Gasteiger partial charge on any atom is 0.334 e. The Labute approximate surface area is 150 Å². The topological polar surface area (TPSA) is 68.5 Å². The maximum absolute atomic E-state index is 13.2. The molecule has 0 bridgehead atoms. The third-order valence-electron chi connectivity index (χ3n) is 4.65. The number of rotatable bonds is 5. The van der Waals surface area contributed by atoms with Crippen LogP contribution in [0.25, 0.3) is 27.8 Å². The molecule has 1 atom stereocenters. The lowest BCUT2D eigenvalue weighted by molar-refractivity contribution is 0.507. The van der Waals surface area contributed by atoms with Crippen LogP contribution in [0.2, 0.25) is 0 Å². The fourth-order valence-electron chi connectivity index (χ4n) is 3.53. The molecule has 26 heavy (non-hydrogen) atoms. The van der Waals surface area contributed by atoms with E-state index in [0.29, 0.717) is 5.70 Å². The van der Waals surface area contributed by atoms with Gasteiger partial charge in [0.2, 0.25) is 0 Å². The van der Waals surface area contributed by atoms with Crippen molar-refractivity contribution in [1.29, 1.82) is 0 Å². The number of hydrogen-bond acceptors (Lipinski definition) is 3. The normalized spacial score (nSPS) is 12.7. The zero-order valence-electron chi connectivity index (χ0n) is 14.9. The molecule has 3 aromatic heterocycles. The molecule has 0 fully saturated rings. The Kier molecular flexibility index (Phi) is 3.95. The highest BCUT2D eigenvalue weighted by Crippen LogP contribution is 2.27. The van der Waals surface area contributed by atoms with Gasteiger partial charge in [-0.15, -0.1) is 0 Å². The molecule has 4 rings (SSSR count). The van der Waals surface area contributed by atoms with E-state index in [1.54, 1.807) is 21.5 Å². The summed E-state index contributed by atoms with van der Waals surface area (Å²) in [5, 5.41) is 0. The van der Waals surface area contributed by atoms with E-state index in [2.05, 4.69) is 23.5 Å². The average molecular weight is 347 g/mol. The Bertz CT molecular complexity index is 1130. The summed E-state index contributed by atoms with van der Waals surface area (Å²) >= 11 is 0. The van der Waals surface area contributed by atoms with Crippen molar-refractivity contribution in [2.75, 3.05) is 0 Å². The van der Waals surface area contributed by atoms with Gasteiger partial charge in [0.1, 0.15) is 5.82 Å². The molecule has 1 unspecified atom stereocenters. The first kappa shape index (κ1) is 16.3. The Morgan fingerprint density at radius 3 is 2.81 bits per heavy atom. The first-order valence-electron chi connectivity index (χ1n) is 8.79. The fourth-order valence-corrected chi connectivity index (χ4v) is 3.53. The second kappa shape index (κ2) is 6.29. The van der Waals surface area contributed by atoms with Crippen LogP contribution in [-0.4, -0.2) is 24.1 Å². The van der Waals surface area contributed by atoms with Crippen LogP contribution >= 0.6 is 0 Å².